The van der Waals surface area contributed by atoms with Gasteiger partial charge in [0.05, 0.1) is 21.0 Å². The lowest BCUT2D eigenvalue weighted by Gasteiger charge is -2.30. The van der Waals surface area contributed by atoms with Gasteiger partial charge in [-0.25, -0.2) is 8.42 Å². The number of benzene rings is 2. The third-order valence-corrected chi connectivity index (χ3v) is 8.86. The zero-order chi connectivity index (χ0) is 22.2. The standard InChI is InChI=1S/C23H27N3O3S2/c1-4-26-20-13-16(2)17(3)14-21(20)30-23(26)24-22(27)18-9-8-12-25(15-18)31(28,29)19-10-6-5-7-11-19/h5-7,10-11,13-14,18H,4,8-9,12,15H2,1-3H3. The predicted molar refractivity (Wildman–Crippen MR) is 123 cm³/mol. The maximum Gasteiger partial charge on any atom is 0.252 e. The molecule has 31 heavy (non-hydrogen) atoms. The van der Waals surface area contributed by atoms with Crippen LogP contribution in [0, 0.1) is 19.8 Å². The van der Waals surface area contributed by atoms with E-state index in [2.05, 4.69) is 35.5 Å². The molecule has 2 heterocycles. The van der Waals surface area contributed by atoms with Crippen LogP contribution in [0.15, 0.2) is 52.4 Å². The molecule has 0 radical (unpaired) electrons. The predicted octanol–water partition coefficient (Wildman–Crippen LogP) is 3.87. The van der Waals surface area contributed by atoms with Gasteiger partial charge in [0.15, 0.2) is 4.80 Å². The van der Waals surface area contributed by atoms with E-state index < -0.39 is 15.9 Å². The maximum atomic E-state index is 13.1. The molecule has 1 atom stereocenters. The first-order chi connectivity index (χ1) is 14.8. The second kappa shape index (κ2) is 8.68. The zero-order valence-corrected chi connectivity index (χ0v) is 19.7. The Morgan fingerprint density at radius 2 is 1.87 bits per heavy atom. The number of thiazole rings is 1. The molecule has 0 bridgehead atoms. The summed E-state index contributed by atoms with van der Waals surface area (Å²) >= 11 is 1.51. The number of fused-ring (bicyclic) bond motifs is 1. The highest BCUT2D eigenvalue weighted by molar-refractivity contribution is 7.89. The van der Waals surface area contributed by atoms with E-state index >= 15 is 0 Å². The molecule has 1 fully saturated rings. The van der Waals surface area contributed by atoms with Gasteiger partial charge in [-0.1, -0.05) is 29.5 Å². The number of aryl methyl sites for hydroxylation is 3. The van der Waals surface area contributed by atoms with Gasteiger partial charge in [0.25, 0.3) is 5.91 Å². The van der Waals surface area contributed by atoms with Gasteiger partial charge in [0.2, 0.25) is 10.0 Å². The van der Waals surface area contributed by atoms with Crippen LogP contribution in [-0.2, 0) is 21.4 Å². The van der Waals surface area contributed by atoms with Crippen molar-refractivity contribution >= 4 is 37.5 Å². The molecule has 0 N–H and O–H groups in total. The van der Waals surface area contributed by atoms with Crippen molar-refractivity contribution < 1.29 is 13.2 Å². The molecule has 1 aliphatic rings. The van der Waals surface area contributed by atoms with Crippen LogP contribution in [0.4, 0.5) is 0 Å². The van der Waals surface area contributed by atoms with Crippen LogP contribution in [0.2, 0.25) is 0 Å². The van der Waals surface area contributed by atoms with Crippen LogP contribution in [0.1, 0.15) is 30.9 Å². The Morgan fingerprint density at radius 1 is 1.16 bits per heavy atom. The van der Waals surface area contributed by atoms with Crippen molar-refractivity contribution in [1.82, 2.24) is 8.87 Å². The maximum absolute atomic E-state index is 13.1. The highest BCUT2D eigenvalue weighted by Gasteiger charge is 2.33. The summed E-state index contributed by atoms with van der Waals surface area (Å²) in [6.07, 6.45) is 1.30. The fraction of sp³-hybridized carbons (Fsp3) is 0.391. The Hall–Kier alpha value is -2.29. The van der Waals surface area contributed by atoms with E-state index in [0.717, 1.165) is 10.2 Å². The molecule has 0 saturated carbocycles. The Labute approximate surface area is 186 Å². The summed E-state index contributed by atoms with van der Waals surface area (Å²) in [5.74, 6) is -0.665. The molecule has 0 aliphatic carbocycles. The largest absolute Gasteiger partial charge is 0.317 e. The van der Waals surface area contributed by atoms with Crippen molar-refractivity contribution in [1.29, 1.82) is 0 Å². The van der Waals surface area contributed by atoms with Crippen LogP contribution in [-0.4, -0.2) is 36.3 Å². The first-order valence-electron chi connectivity index (χ1n) is 10.6. The summed E-state index contributed by atoms with van der Waals surface area (Å²) in [6, 6.07) is 12.7. The quantitative estimate of drug-likeness (QED) is 0.597. The van der Waals surface area contributed by atoms with Crippen LogP contribution in [0.5, 0.6) is 0 Å². The third kappa shape index (κ3) is 4.24. The second-order valence-electron chi connectivity index (χ2n) is 8.00. The number of sulfonamides is 1. The molecule has 4 rings (SSSR count). The molecule has 1 unspecified atom stereocenters. The lowest BCUT2D eigenvalue weighted by atomic mass is 9.99. The van der Waals surface area contributed by atoms with Crippen LogP contribution in [0.25, 0.3) is 10.2 Å². The van der Waals surface area contributed by atoms with E-state index in [1.807, 2.05) is 6.92 Å². The minimum Gasteiger partial charge on any atom is -0.317 e. The van der Waals surface area contributed by atoms with Gasteiger partial charge < -0.3 is 4.57 Å². The number of amides is 1. The van der Waals surface area contributed by atoms with Crippen LogP contribution < -0.4 is 4.80 Å². The van der Waals surface area contributed by atoms with E-state index in [4.69, 9.17) is 0 Å². The van der Waals surface area contributed by atoms with Gasteiger partial charge in [-0.3, -0.25) is 4.79 Å². The Bertz CT molecular complexity index is 1290. The number of rotatable bonds is 4. The number of carbonyl (C=O) groups excluding carboxylic acids is 1. The van der Waals surface area contributed by atoms with E-state index in [0.29, 0.717) is 30.7 Å². The molecule has 0 spiro atoms. The topological polar surface area (TPSA) is 71.7 Å². The Morgan fingerprint density at radius 3 is 2.58 bits per heavy atom. The minimum absolute atomic E-state index is 0.175. The Kier molecular flexibility index (Phi) is 6.14. The van der Waals surface area contributed by atoms with Crippen molar-refractivity contribution in [2.75, 3.05) is 13.1 Å². The van der Waals surface area contributed by atoms with E-state index in [1.165, 1.54) is 26.8 Å². The molecule has 6 nitrogen and oxygen atoms in total. The molecular weight excluding hydrogens is 430 g/mol. The fourth-order valence-electron chi connectivity index (χ4n) is 4.00. The number of piperidine rings is 1. The Balaban J connectivity index is 1.64. The van der Waals surface area contributed by atoms with Crippen molar-refractivity contribution in [3.8, 4) is 0 Å². The van der Waals surface area contributed by atoms with Crippen LogP contribution >= 0.6 is 11.3 Å². The fourth-order valence-corrected chi connectivity index (χ4v) is 6.73. The van der Waals surface area contributed by atoms with Crippen molar-refractivity contribution in [3.63, 3.8) is 0 Å². The van der Waals surface area contributed by atoms with E-state index in [-0.39, 0.29) is 17.3 Å². The molecule has 2 aromatic carbocycles. The van der Waals surface area contributed by atoms with Gasteiger partial charge in [-0.15, -0.1) is 0 Å². The molecule has 1 aliphatic heterocycles. The summed E-state index contributed by atoms with van der Waals surface area (Å²) in [7, 11) is -3.61. The van der Waals surface area contributed by atoms with Gasteiger partial charge in [0, 0.05) is 19.6 Å². The molecule has 3 aromatic rings. The molecule has 164 valence electrons. The van der Waals surface area contributed by atoms with Gasteiger partial charge >= 0.3 is 0 Å². The molecular formula is C23H27N3O3S2. The highest BCUT2D eigenvalue weighted by Crippen LogP contribution is 2.25. The first-order valence-corrected chi connectivity index (χ1v) is 12.8. The highest BCUT2D eigenvalue weighted by atomic mass is 32.2. The molecule has 1 amide bonds. The van der Waals surface area contributed by atoms with E-state index in [1.54, 1.807) is 30.3 Å². The normalized spacial score (nSPS) is 18.5. The van der Waals surface area contributed by atoms with Crippen molar-refractivity contribution in [2.45, 2.75) is 45.1 Å². The third-order valence-electron chi connectivity index (χ3n) is 5.93. The van der Waals surface area contributed by atoms with Gasteiger partial charge in [0.1, 0.15) is 0 Å². The number of hydrogen-bond acceptors (Lipinski definition) is 4. The number of nitrogens with zero attached hydrogens (tertiary/aromatic N) is 3. The van der Waals surface area contributed by atoms with Gasteiger partial charge in [-0.2, -0.15) is 9.30 Å². The molecule has 8 heteroatoms. The first kappa shape index (κ1) is 21.9. The number of aromatic nitrogens is 1. The monoisotopic (exact) mass is 457 g/mol. The van der Waals surface area contributed by atoms with Gasteiger partial charge in [-0.05, 0) is 69.0 Å². The molecule has 1 saturated heterocycles. The average Bonchev–Trinajstić information content (AvgIpc) is 3.10. The minimum atomic E-state index is -3.61. The summed E-state index contributed by atoms with van der Waals surface area (Å²) in [5, 5.41) is 0. The summed E-state index contributed by atoms with van der Waals surface area (Å²) in [4.78, 5) is 18.5. The summed E-state index contributed by atoms with van der Waals surface area (Å²) in [5.41, 5.74) is 3.50. The van der Waals surface area contributed by atoms with E-state index in [9.17, 15) is 13.2 Å². The zero-order valence-electron chi connectivity index (χ0n) is 18.0. The molecule has 1 aromatic heterocycles. The average molecular weight is 458 g/mol. The summed E-state index contributed by atoms with van der Waals surface area (Å²) < 4.78 is 30.5. The summed E-state index contributed by atoms with van der Waals surface area (Å²) in [6.45, 7) is 7.52. The second-order valence-corrected chi connectivity index (χ2v) is 10.9. The van der Waals surface area contributed by atoms with Crippen molar-refractivity contribution in [3.05, 3.63) is 58.4 Å². The SMILES string of the molecule is CCn1c(=NC(=O)C2CCCN(S(=O)(=O)c3ccccc3)C2)sc2cc(C)c(C)cc21. The van der Waals surface area contributed by atoms with Crippen molar-refractivity contribution in [2.24, 2.45) is 10.9 Å². The lowest BCUT2D eigenvalue weighted by molar-refractivity contribution is -0.122. The lowest BCUT2D eigenvalue weighted by Crippen LogP contribution is -2.42. The number of hydrogen-bond donors (Lipinski definition) is 0. The smallest absolute Gasteiger partial charge is 0.252 e. The van der Waals surface area contributed by atoms with Crippen LogP contribution in [0.3, 0.4) is 0 Å². The number of carbonyl (C=O) groups is 1.